The molecule has 1 unspecified atom stereocenters. The summed E-state index contributed by atoms with van der Waals surface area (Å²) in [7, 11) is -3.68. The van der Waals surface area contributed by atoms with Crippen molar-refractivity contribution in [1.82, 2.24) is 4.31 Å². The molecule has 0 aromatic heterocycles. The molecule has 2 N–H and O–H groups in total. The summed E-state index contributed by atoms with van der Waals surface area (Å²) in [5.74, 6) is -0.705. The molecule has 150 valence electrons. The molecule has 2 aromatic rings. The Labute approximate surface area is 166 Å². The van der Waals surface area contributed by atoms with Crippen molar-refractivity contribution in [2.75, 3.05) is 18.4 Å². The van der Waals surface area contributed by atoms with E-state index in [1.165, 1.54) is 22.5 Å². The Kier molecular flexibility index (Phi) is 6.05. The third-order valence-electron chi connectivity index (χ3n) is 5.25. The quantitative estimate of drug-likeness (QED) is 0.724. The molecule has 1 aliphatic rings. The number of nitrogens with zero attached hydrogens (tertiary/aromatic N) is 1. The van der Waals surface area contributed by atoms with E-state index in [1.807, 2.05) is 24.3 Å². The standard InChI is InChI=1S/C21H26N2O4S/c1-3-23(4-2)28(26,27)16-12-13-20(24)19(14-16)22-21(25)18-11-7-9-15-8-5-6-10-17(15)18/h5-6,8,10,12-14,18,24H,3-4,7,9,11H2,1-2H3,(H,22,25). The van der Waals surface area contributed by atoms with Gasteiger partial charge in [-0.1, -0.05) is 38.1 Å². The highest BCUT2D eigenvalue weighted by molar-refractivity contribution is 7.89. The van der Waals surface area contributed by atoms with Crippen LogP contribution in [0.1, 0.15) is 43.7 Å². The van der Waals surface area contributed by atoms with Crippen LogP contribution in [0.2, 0.25) is 0 Å². The Morgan fingerprint density at radius 3 is 2.61 bits per heavy atom. The highest BCUT2D eigenvalue weighted by Crippen LogP contribution is 2.34. The van der Waals surface area contributed by atoms with Gasteiger partial charge in [0.1, 0.15) is 5.75 Å². The molecule has 0 bridgehead atoms. The van der Waals surface area contributed by atoms with E-state index >= 15 is 0 Å². The Balaban J connectivity index is 1.88. The maximum atomic E-state index is 12.9. The summed E-state index contributed by atoms with van der Waals surface area (Å²) in [5, 5.41) is 12.9. The van der Waals surface area contributed by atoms with Crippen LogP contribution in [0.3, 0.4) is 0 Å². The first-order valence-corrected chi connectivity index (χ1v) is 11.0. The van der Waals surface area contributed by atoms with Gasteiger partial charge < -0.3 is 10.4 Å². The summed E-state index contributed by atoms with van der Waals surface area (Å²) < 4.78 is 26.8. The molecule has 1 amide bonds. The van der Waals surface area contributed by atoms with Crippen LogP contribution in [0.25, 0.3) is 0 Å². The summed E-state index contributed by atoms with van der Waals surface area (Å²) in [6, 6.07) is 11.9. The number of fused-ring (bicyclic) bond motifs is 1. The van der Waals surface area contributed by atoms with Crippen LogP contribution in [0, 0.1) is 0 Å². The second kappa shape index (κ2) is 8.32. The second-order valence-corrected chi connectivity index (χ2v) is 8.84. The summed E-state index contributed by atoms with van der Waals surface area (Å²) in [6.07, 6.45) is 2.58. The molecular weight excluding hydrogens is 376 g/mol. The van der Waals surface area contributed by atoms with E-state index in [0.717, 1.165) is 30.4 Å². The summed E-state index contributed by atoms with van der Waals surface area (Å²) >= 11 is 0. The number of phenolic OH excluding ortho intramolecular Hbond substituents is 1. The number of aromatic hydroxyl groups is 1. The lowest BCUT2D eigenvalue weighted by Gasteiger charge is -2.25. The maximum absolute atomic E-state index is 12.9. The normalized spacial score (nSPS) is 16.6. The lowest BCUT2D eigenvalue weighted by molar-refractivity contribution is -0.117. The number of phenols is 1. The van der Waals surface area contributed by atoms with Crippen LogP contribution in [-0.4, -0.2) is 36.8 Å². The van der Waals surface area contributed by atoms with Crippen molar-refractivity contribution in [3.8, 4) is 5.75 Å². The number of carbonyl (C=O) groups excluding carboxylic acids is 1. The van der Waals surface area contributed by atoms with Crippen LogP contribution in [0.5, 0.6) is 5.75 Å². The molecule has 7 heteroatoms. The van der Waals surface area contributed by atoms with E-state index in [0.29, 0.717) is 13.1 Å². The molecule has 3 rings (SSSR count). The fourth-order valence-electron chi connectivity index (χ4n) is 3.73. The third-order valence-corrected chi connectivity index (χ3v) is 7.30. The van der Waals surface area contributed by atoms with Gasteiger partial charge in [0.2, 0.25) is 15.9 Å². The highest BCUT2D eigenvalue weighted by Gasteiger charge is 2.28. The molecular formula is C21H26N2O4S. The lowest BCUT2D eigenvalue weighted by Crippen LogP contribution is -2.30. The number of anilines is 1. The van der Waals surface area contributed by atoms with E-state index in [1.54, 1.807) is 13.8 Å². The van der Waals surface area contributed by atoms with Crippen LogP contribution >= 0.6 is 0 Å². The molecule has 0 saturated heterocycles. The summed E-state index contributed by atoms with van der Waals surface area (Å²) in [4.78, 5) is 13.0. The molecule has 0 aliphatic heterocycles. The van der Waals surface area contributed by atoms with E-state index in [9.17, 15) is 18.3 Å². The Morgan fingerprint density at radius 1 is 1.18 bits per heavy atom. The number of hydrogen-bond donors (Lipinski definition) is 2. The molecule has 0 saturated carbocycles. The van der Waals surface area contributed by atoms with Gasteiger partial charge in [-0.2, -0.15) is 4.31 Å². The van der Waals surface area contributed by atoms with Gasteiger partial charge in [0, 0.05) is 13.1 Å². The molecule has 0 radical (unpaired) electrons. The zero-order chi connectivity index (χ0) is 20.3. The average Bonchev–Trinajstić information content (AvgIpc) is 2.69. The van der Waals surface area contributed by atoms with Crippen molar-refractivity contribution in [3.05, 3.63) is 53.6 Å². The SMILES string of the molecule is CCN(CC)S(=O)(=O)c1ccc(O)c(NC(=O)C2CCCc3ccccc32)c1. The largest absolute Gasteiger partial charge is 0.506 e. The monoisotopic (exact) mass is 402 g/mol. The number of aryl methyl sites for hydroxylation is 1. The number of sulfonamides is 1. The molecule has 0 spiro atoms. The first-order chi connectivity index (χ1) is 13.4. The van der Waals surface area contributed by atoms with E-state index in [-0.39, 0.29) is 28.2 Å². The molecule has 6 nitrogen and oxygen atoms in total. The van der Waals surface area contributed by atoms with Gasteiger partial charge in [0.15, 0.2) is 0 Å². The van der Waals surface area contributed by atoms with Gasteiger partial charge >= 0.3 is 0 Å². The zero-order valence-corrected chi connectivity index (χ0v) is 17.0. The van der Waals surface area contributed by atoms with E-state index < -0.39 is 10.0 Å². The maximum Gasteiger partial charge on any atom is 0.243 e. The number of amides is 1. The van der Waals surface area contributed by atoms with E-state index in [2.05, 4.69) is 5.32 Å². The minimum Gasteiger partial charge on any atom is -0.506 e. The average molecular weight is 403 g/mol. The van der Waals surface area contributed by atoms with Gasteiger partial charge in [0.25, 0.3) is 0 Å². The van der Waals surface area contributed by atoms with Crippen LogP contribution < -0.4 is 5.32 Å². The number of nitrogens with one attached hydrogen (secondary N) is 1. The van der Waals surface area contributed by atoms with Crippen LogP contribution in [-0.2, 0) is 21.2 Å². The van der Waals surface area contributed by atoms with Crippen LogP contribution in [0.4, 0.5) is 5.69 Å². The zero-order valence-electron chi connectivity index (χ0n) is 16.2. The van der Waals surface area contributed by atoms with Crippen molar-refractivity contribution >= 4 is 21.6 Å². The molecule has 1 aliphatic carbocycles. The fourth-order valence-corrected chi connectivity index (χ4v) is 5.22. The topological polar surface area (TPSA) is 86.7 Å². The van der Waals surface area contributed by atoms with Crippen molar-refractivity contribution in [1.29, 1.82) is 0 Å². The third kappa shape index (κ3) is 3.91. The first kappa shape index (κ1) is 20.4. The molecule has 1 atom stereocenters. The van der Waals surface area contributed by atoms with Gasteiger partial charge in [-0.25, -0.2) is 8.42 Å². The Hall–Kier alpha value is -2.38. The minimum absolute atomic E-state index is 0.0494. The molecule has 2 aromatic carbocycles. The smallest absolute Gasteiger partial charge is 0.243 e. The molecule has 0 heterocycles. The lowest BCUT2D eigenvalue weighted by atomic mass is 9.82. The van der Waals surface area contributed by atoms with Gasteiger partial charge in [0.05, 0.1) is 16.5 Å². The summed E-state index contributed by atoms with van der Waals surface area (Å²) in [6.45, 7) is 4.23. The summed E-state index contributed by atoms with van der Waals surface area (Å²) in [5.41, 5.74) is 2.27. The Morgan fingerprint density at radius 2 is 1.89 bits per heavy atom. The molecule has 28 heavy (non-hydrogen) atoms. The number of hydrogen-bond acceptors (Lipinski definition) is 4. The minimum atomic E-state index is -3.68. The Bertz CT molecular complexity index is 968. The number of carbonyl (C=O) groups is 1. The van der Waals surface area contributed by atoms with Gasteiger partial charge in [-0.15, -0.1) is 0 Å². The number of benzene rings is 2. The van der Waals surface area contributed by atoms with Gasteiger partial charge in [-0.3, -0.25) is 4.79 Å². The second-order valence-electron chi connectivity index (χ2n) is 6.90. The predicted octanol–water partition coefficient (Wildman–Crippen LogP) is 3.48. The van der Waals surface area contributed by atoms with Crippen molar-refractivity contribution in [2.45, 2.75) is 43.9 Å². The predicted molar refractivity (Wildman–Crippen MR) is 109 cm³/mol. The van der Waals surface area contributed by atoms with Crippen LogP contribution in [0.15, 0.2) is 47.4 Å². The highest BCUT2D eigenvalue weighted by atomic mass is 32.2. The van der Waals surface area contributed by atoms with Crippen molar-refractivity contribution in [2.24, 2.45) is 0 Å². The van der Waals surface area contributed by atoms with Crippen molar-refractivity contribution in [3.63, 3.8) is 0 Å². The fraction of sp³-hybridized carbons (Fsp3) is 0.381. The van der Waals surface area contributed by atoms with Crippen molar-refractivity contribution < 1.29 is 18.3 Å². The van der Waals surface area contributed by atoms with Gasteiger partial charge in [-0.05, 0) is 48.6 Å². The van der Waals surface area contributed by atoms with E-state index in [4.69, 9.17) is 0 Å². The first-order valence-electron chi connectivity index (χ1n) is 9.60. The molecule has 0 fully saturated rings. The number of rotatable bonds is 6.